The van der Waals surface area contributed by atoms with Crippen LogP contribution in [0.4, 0.5) is 0 Å². The molecule has 0 saturated carbocycles. The SMILES string of the molecule is Cc1c(Cl)c(C(=O)NC(C)(C)CSc2ccc(Cl)cc2)nn1-c1ccc(Cl)cc1. The van der Waals surface area contributed by atoms with Crippen LogP contribution in [0.25, 0.3) is 5.69 Å². The lowest BCUT2D eigenvalue weighted by molar-refractivity contribution is 0.0915. The van der Waals surface area contributed by atoms with Crippen molar-refractivity contribution in [3.63, 3.8) is 0 Å². The number of nitrogens with one attached hydrogen (secondary N) is 1. The molecule has 1 amide bonds. The fraction of sp³-hybridized carbons (Fsp3) is 0.238. The molecule has 1 aromatic heterocycles. The molecular formula is C21H20Cl3N3OS. The minimum atomic E-state index is -0.470. The van der Waals surface area contributed by atoms with Crippen LogP contribution in [0.3, 0.4) is 0 Å². The minimum Gasteiger partial charge on any atom is -0.345 e. The van der Waals surface area contributed by atoms with Gasteiger partial charge >= 0.3 is 0 Å². The van der Waals surface area contributed by atoms with Crippen LogP contribution >= 0.6 is 46.6 Å². The molecule has 0 aliphatic heterocycles. The summed E-state index contributed by atoms with van der Waals surface area (Å²) in [4.78, 5) is 14.0. The van der Waals surface area contributed by atoms with Crippen LogP contribution in [-0.4, -0.2) is 27.0 Å². The van der Waals surface area contributed by atoms with E-state index in [9.17, 15) is 4.79 Å². The molecule has 0 fully saturated rings. The highest BCUT2D eigenvalue weighted by atomic mass is 35.5. The van der Waals surface area contributed by atoms with Crippen molar-refractivity contribution in [2.75, 3.05) is 5.75 Å². The topological polar surface area (TPSA) is 46.9 Å². The Labute approximate surface area is 189 Å². The van der Waals surface area contributed by atoms with Gasteiger partial charge in [-0.05, 0) is 69.3 Å². The van der Waals surface area contributed by atoms with Crippen molar-refractivity contribution < 1.29 is 4.79 Å². The summed E-state index contributed by atoms with van der Waals surface area (Å²) in [6, 6.07) is 14.8. The van der Waals surface area contributed by atoms with E-state index in [0.29, 0.717) is 26.5 Å². The third-order valence-electron chi connectivity index (χ3n) is 4.19. The largest absolute Gasteiger partial charge is 0.345 e. The normalized spacial score (nSPS) is 11.5. The number of carbonyl (C=O) groups is 1. The average Bonchev–Trinajstić information content (AvgIpc) is 2.97. The number of nitrogens with zero attached hydrogens (tertiary/aromatic N) is 2. The molecule has 0 unspecified atom stereocenters. The van der Waals surface area contributed by atoms with Gasteiger partial charge in [0, 0.05) is 26.2 Å². The molecule has 0 radical (unpaired) electrons. The van der Waals surface area contributed by atoms with Gasteiger partial charge in [0.1, 0.15) is 0 Å². The third kappa shape index (κ3) is 5.48. The zero-order valence-corrected chi connectivity index (χ0v) is 19.3. The van der Waals surface area contributed by atoms with Gasteiger partial charge in [-0.1, -0.05) is 34.8 Å². The summed E-state index contributed by atoms with van der Waals surface area (Å²) in [6.45, 7) is 5.75. The van der Waals surface area contributed by atoms with Gasteiger partial charge in [0.25, 0.3) is 5.91 Å². The summed E-state index contributed by atoms with van der Waals surface area (Å²) < 4.78 is 1.64. The van der Waals surface area contributed by atoms with Crippen LogP contribution in [0.2, 0.25) is 15.1 Å². The van der Waals surface area contributed by atoms with Crippen molar-refractivity contribution in [2.24, 2.45) is 0 Å². The average molecular weight is 469 g/mol. The van der Waals surface area contributed by atoms with E-state index < -0.39 is 5.54 Å². The summed E-state index contributed by atoms with van der Waals surface area (Å²) >= 11 is 19.9. The van der Waals surface area contributed by atoms with Crippen LogP contribution < -0.4 is 5.32 Å². The minimum absolute atomic E-state index is 0.198. The molecule has 4 nitrogen and oxygen atoms in total. The second kappa shape index (κ2) is 9.00. The Balaban J connectivity index is 1.73. The molecule has 1 heterocycles. The van der Waals surface area contributed by atoms with Gasteiger partial charge in [0.2, 0.25) is 0 Å². The second-order valence-corrected chi connectivity index (χ2v) is 9.52. The molecule has 0 aliphatic carbocycles. The molecule has 3 aromatic rings. The van der Waals surface area contributed by atoms with Crippen molar-refractivity contribution in [2.45, 2.75) is 31.2 Å². The number of aromatic nitrogens is 2. The Hall–Kier alpha value is -1.66. The van der Waals surface area contributed by atoms with Crippen LogP contribution in [0.15, 0.2) is 53.4 Å². The number of hydrogen-bond acceptors (Lipinski definition) is 3. The molecule has 8 heteroatoms. The number of hydrogen-bond donors (Lipinski definition) is 1. The first-order chi connectivity index (χ1) is 13.7. The van der Waals surface area contributed by atoms with Gasteiger partial charge < -0.3 is 5.32 Å². The third-order valence-corrected chi connectivity index (χ3v) is 6.62. The van der Waals surface area contributed by atoms with Gasteiger partial charge in [0.05, 0.1) is 16.4 Å². The molecule has 0 bridgehead atoms. The predicted octanol–water partition coefficient (Wildman–Crippen LogP) is 6.44. The molecule has 0 spiro atoms. The highest BCUT2D eigenvalue weighted by Crippen LogP contribution is 2.27. The lowest BCUT2D eigenvalue weighted by atomic mass is 10.1. The molecule has 29 heavy (non-hydrogen) atoms. The molecule has 0 aliphatic rings. The van der Waals surface area contributed by atoms with Gasteiger partial charge in [-0.15, -0.1) is 11.8 Å². The monoisotopic (exact) mass is 467 g/mol. The van der Waals surface area contributed by atoms with E-state index in [1.807, 2.05) is 57.2 Å². The Kier molecular flexibility index (Phi) is 6.84. The molecule has 1 N–H and O–H groups in total. The molecule has 0 atom stereocenters. The highest BCUT2D eigenvalue weighted by molar-refractivity contribution is 7.99. The standard InChI is InChI=1S/C21H20Cl3N3OS/c1-13-18(24)19(26-27(13)16-8-4-14(22)5-9-16)20(28)25-21(2,3)12-29-17-10-6-15(23)7-11-17/h4-11H,12H2,1-3H3,(H,25,28). The Morgan fingerprint density at radius 1 is 1.03 bits per heavy atom. The first kappa shape index (κ1) is 22.0. The predicted molar refractivity (Wildman–Crippen MR) is 122 cm³/mol. The molecule has 3 rings (SSSR count). The van der Waals surface area contributed by atoms with E-state index in [1.54, 1.807) is 28.6 Å². The zero-order valence-electron chi connectivity index (χ0n) is 16.2. The molecule has 0 saturated heterocycles. The highest BCUT2D eigenvalue weighted by Gasteiger charge is 2.26. The maximum atomic E-state index is 12.9. The first-order valence-electron chi connectivity index (χ1n) is 8.88. The van der Waals surface area contributed by atoms with E-state index >= 15 is 0 Å². The summed E-state index contributed by atoms with van der Waals surface area (Å²) in [5, 5.41) is 9.12. The van der Waals surface area contributed by atoms with Crippen molar-refractivity contribution in [1.82, 2.24) is 15.1 Å². The molecule has 2 aromatic carbocycles. The van der Waals surface area contributed by atoms with Gasteiger partial charge in [-0.25, -0.2) is 4.68 Å². The van der Waals surface area contributed by atoms with Crippen LogP contribution in [0.1, 0.15) is 30.0 Å². The van der Waals surface area contributed by atoms with Gasteiger partial charge in [-0.3, -0.25) is 4.79 Å². The summed E-state index contributed by atoms with van der Waals surface area (Å²) in [5.74, 6) is 0.363. The van der Waals surface area contributed by atoms with E-state index in [1.165, 1.54) is 0 Å². The number of amides is 1. The zero-order chi connectivity index (χ0) is 21.2. The van der Waals surface area contributed by atoms with Crippen molar-refractivity contribution in [3.05, 3.63) is 75.0 Å². The number of benzene rings is 2. The van der Waals surface area contributed by atoms with Gasteiger partial charge in [-0.2, -0.15) is 5.10 Å². The Bertz CT molecular complexity index is 1010. The van der Waals surface area contributed by atoms with Crippen molar-refractivity contribution in [3.8, 4) is 5.69 Å². The van der Waals surface area contributed by atoms with Crippen LogP contribution in [0.5, 0.6) is 0 Å². The summed E-state index contributed by atoms with van der Waals surface area (Å²) in [5.41, 5.74) is 1.20. The quantitative estimate of drug-likeness (QED) is 0.423. The van der Waals surface area contributed by atoms with Gasteiger partial charge in [0.15, 0.2) is 5.69 Å². The van der Waals surface area contributed by atoms with E-state index in [-0.39, 0.29) is 11.6 Å². The fourth-order valence-corrected chi connectivity index (χ4v) is 4.04. The van der Waals surface area contributed by atoms with E-state index in [2.05, 4.69) is 10.4 Å². The lowest BCUT2D eigenvalue weighted by Gasteiger charge is -2.25. The molecular weight excluding hydrogens is 449 g/mol. The Morgan fingerprint density at radius 2 is 1.59 bits per heavy atom. The van der Waals surface area contributed by atoms with E-state index in [0.717, 1.165) is 10.6 Å². The number of carbonyl (C=O) groups excluding carboxylic acids is 1. The number of thioether (sulfide) groups is 1. The first-order valence-corrected chi connectivity index (χ1v) is 11.0. The van der Waals surface area contributed by atoms with Crippen molar-refractivity contribution >= 4 is 52.5 Å². The molecule has 152 valence electrons. The van der Waals surface area contributed by atoms with Crippen LogP contribution in [0, 0.1) is 6.92 Å². The fourth-order valence-electron chi connectivity index (χ4n) is 2.66. The lowest BCUT2D eigenvalue weighted by Crippen LogP contribution is -2.45. The summed E-state index contributed by atoms with van der Waals surface area (Å²) in [6.07, 6.45) is 0. The second-order valence-electron chi connectivity index (χ2n) is 7.22. The van der Waals surface area contributed by atoms with E-state index in [4.69, 9.17) is 34.8 Å². The Morgan fingerprint density at radius 3 is 2.17 bits per heavy atom. The smallest absolute Gasteiger partial charge is 0.273 e. The van der Waals surface area contributed by atoms with Crippen molar-refractivity contribution in [1.29, 1.82) is 0 Å². The maximum Gasteiger partial charge on any atom is 0.273 e. The van der Waals surface area contributed by atoms with Crippen LogP contribution in [-0.2, 0) is 0 Å². The number of rotatable bonds is 6. The maximum absolute atomic E-state index is 12.9. The number of halogens is 3. The summed E-state index contributed by atoms with van der Waals surface area (Å²) in [7, 11) is 0.